The number of nitrogens with zero attached hydrogens (tertiary/aromatic N) is 3. The van der Waals surface area contributed by atoms with E-state index in [0.29, 0.717) is 26.1 Å². The van der Waals surface area contributed by atoms with E-state index in [2.05, 4.69) is 16.0 Å². The molecule has 2 saturated heterocycles. The van der Waals surface area contributed by atoms with E-state index in [-0.39, 0.29) is 59.6 Å². The molecule has 1 aromatic rings. The Balaban J connectivity index is 1.82. The van der Waals surface area contributed by atoms with Crippen molar-refractivity contribution in [2.75, 3.05) is 48.0 Å². The molecule has 0 bridgehead atoms. The topological polar surface area (TPSA) is 159 Å². The zero-order valence-corrected chi connectivity index (χ0v) is 37.3. The first-order valence-corrected chi connectivity index (χ1v) is 21.4. The van der Waals surface area contributed by atoms with Crippen LogP contribution in [0.4, 0.5) is 0 Å². The van der Waals surface area contributed by atoms with E-state index >= 15 is 0 Å². The second-order valence-electron chi connectivity index (χ2n) is 17.0. The normalized spacial score (nSPS) is 20.7. The summed E-state index contributed by atoms with van der Waals surface area (Å²) in [6.07, 6.45) is 2.48. The predicted octanol–water partition coefficient (Wildman–Crippen LogP) is 4.13. The van der Waals surface area contributed by atoms with Gasteiger partial charge in [-0.2, -0.15) is 0 Å². The predicted molar refractivity (Wildman–Crippen MR) is 224 cm³/mol. The highest BCUT2D eigenvalue weighted by Crippen LogP contribution is 2.30. The van der Waals surface area contributed by atoms with Crippen LogP contribution < -0.4 is 16.0 Å². The SMILES string of the molecule is CC[C@H](C)[C@@H]([C@@H](CC(=O)N1CCC[C@H]1[C@H](OC)[C@@H](C)C(=O)N[C@H](C(=O)N1CCCCO1)[C@@H](C)c1ccccc1)OC)N(C)C(=O)[C@@H](NC(=O)[C@@H](NC)C(C)C)C(C)C. The summed E-state index contributed by atoms with van der Waals surface area (Å²) in [4.78, 5) is 79.0. The molecule has 0 aliphatic carbocycles. The molecule has 58 heavy (non-hydrogen) atoms. The van der Waals surface area contributed by atoms with Gasteiger partial charge in [-0.25, -0.2) is 5.06 Å². The lowest BCUT2D eigenvalue weighted by atomic mass is 9.89. The zero-order chi connectivity index (χ0) is 43.3. The molecule has 14 nitrogen and oxygen atoms in total. The minimum absolute atomic E-state index is 0.00548. The Hall–Kier alpha value is -3.59. The van der Waals surface area contributed by atoms with Crippen LogP contribution in [0, 0.1) is 23.7 Å². The Labute approximate surface area is 347 Å². The van der Waals surface area contributed by atoms with Crippen LogP contribution in [0.15, 0.2) is 30.3 Å². The molecule has 2 aliphatic rings. The van der Waals surface area contributed by atoms with Gasteiger partial charge >= 0.3 is 0 Å². The molecule has 1 aromatic carbocycles. The quantitative estimate of drug-likeness (QED) is 0.166. The molecule has 10 atom stereocenters. The van der Waals surface area contributed by atoms with Gasteiger partial charge in [0.2, 0.25) is 23.6 Å². The fourth-order valence-electron chi connectivity index (χ4n) is 8.61. The first-order valence-electron chi connectivity index (χ1n) is 21.4. The van der Waals surface area contributed by atoms with Crippen LogP contribution in [0.25, 0.3) is 0 Å². The number of ether oxygens (including phenoxy) is 2. The van der Waals surface area contributed by atoms with Gasteiger partial charge in [0.1, 0.15) is 12.1 Å². The van der Waals surface area contributed by atoms with Crippen molar-refractivity contribution >= 4 is 29.5 Å². The van der Waals surface area contributed by atoms with Gasteiger partial charge in [-0.1, -0.05) is 92.1 Å². The summed E-state index contributed by atoms with van der Waals surface area (Å²) in [7, 11) is 6.56. The Morgan fingerprint density at radius 3 is 2.02 bits per heavy atom. The summed E-state index contributed by atoms with van der Waals surface area (Å²) in [5.74, 6) is -2.54. The first kappa shape index (κ1) is 48.8. The molecule has 2 fully saturated rings. The van der Waals surface area contributed by atoms with E-state index in [0.717, 1.165) is 31.2 Å². The van der Waals surface area contributed by atoms with Crippen LogP contribution in [-0.4, -0.2) is 135 Å². The molecule has 3 N–H and O–H groups in total. The molecule has 0 aromatic heterocycles. The van der Waals surface area contributed by atoms with Crippen LogP contribution >= 0.6 is 0 Å². The molecule has 0 unspecified atom stereocenters. The van der Waals surface area contributed by atoms with E-state index < -0.39 is 48.3 Å². The molecular weight excluding hydrogens is 741 g/mol. The molecule has 5 amide bonds. The van der Waals surface area contributed by atoms with Crippen molar-refractivity contribution in [2.45, 2.75) is 142 Å². The Morgan fingerprint density at radius 1 is 0.845 bits per heavy atom. The molecule has 14 heteroatoms. The van der Waals surface area contributed by atoms with E-state index in [1.807, 2.05) is 78.8 Å². The van der Waals surface area contributed by atoms with E-state index in [1.54, 1.807) is 45.0 Å². The zero-order valence-electron chi connectivity index (χ0n) is 37.3. The van der Waals surface area contributed by atoms with Gasteiger partial charge in [0, 0.05) is 40.3 Å². The molecule has 0 saturated carbocycles. The summed E-state index contributed by atoms with van der Waals surface area (Å²) in [6, 6.07) is 6.64. The van der Waals surface area contributed by atoms with Crippen molar-refractivity contribution < 1.29 is 38.3 Å². The average Bonchev–Trinajstić information content (AvgIpc) is 3.71. The number of rotatable bonds is 21. The number of carbonyl (C=O) groups excluding carboxylic acids is 5. The maximum Gasteiger partial charge on any atom is 0.269 e. The largest absolute Gasteiger partial charge is 0.379 e. The fourth-order valence-corrected chi connectivity index (χ4v) is 8.61. The maximum absolute atomic E-state index is 14.4. The van der Waals surface area contributed by atoms with Crippen molar-refractivity contribution in [2.24, 2.45) is 23.7 Å². The second kappa shape index (κ2) is 23.3. The van der Waals surface area contributed by atoms with Gasteiger partial charge < -0.3 is 35.2 Å². The molecule has 0 spiro atoms. The van der Waals surface area contributed by atoms with Crippen LogP contribution in [0.5, 0.6) is 0 Å². The fraction of sp³-hybridized carbons (Fsp3) is 0.750. The lowest BCUT2D eigenvalue weighted by molar-refractivity contribution is -0.200. The molecule has 2 aliphatic heterocycles. The highest BCUT2D eigenvalue weighted by atomic mass is 16.7. The van der Waals surface area contributed by atoms with Gasteiger partial charge in [-0.15, -0.1) is 0 Å². The number of hydrogen-bond acceptors (Lipinski definition) is 9. The molecule has 0 radical (unpaired) electrons. The minimum Gasteiger partial charge on any atom is -0.379 e. The van der Waals surface area contributed by atoms with E-state index in [4.69, 9.17) is 14.3 Å². The minimum atomic E-state index is -0.877. The molecule has 3 rings (SSSR count). The number of hydrogen-bond donors (Lipinski definition) is 3. The monoisotopic (exact) mass is 815 g/mol. The lowest BCUT2D eigenvalue weighted by Gasteiger charge is -2.41. The Morgan fingerprint density at radius 2 is 1.48 bits per heavy atom. The number of likely N-dealkylation sites (tertiary alicyclic amines) is 1. The van der Waals surface area contributed by atoms with Crippen molar-refractivity contribution in [3.05, 3.63) is 35.9 Å². The van der Waals surface area contributed by atoms with Crippen molar-refractivity contribution in [1.82, 2.24) is 30.8 Å². The number of nitrogens with one attached hydrogen (secondary N) is 3. The molecule has 328 valence electrons. The smallest absolute Gasteiger partial charge is 0.269 e. The number of hydroxylamine groups is 2. The number of likely N-dealkylation sites (N-methyl/N-ethyl adjacent to an activating group) is 2. The van der Waals surface area contributed by atoms with Crippen molar-refractivity contribution in [1.29, 1.82) is 0 Å². The summed E-state index contributed by atoms with van der Waals surface area (Å²) < 4.78 is 12.1. The summed E-state index contributed by atoms with van der Waals surface area (Å²) in [6.45, 7) is 16.9. The molecular formula is C44H74N6O8. The standard InChI is InChI=1S/C44H74N6O8/c1-13-29(6)39(48(10)43(54)37(28(4)5)46-42(53)36(45-9)27(2)3)34(56-11)26-35(51)49-23-19-22-33(49)40(57-12)31(8)41(52)47-38(30(7)32-20-15-14-16-21-32)44(55)50-24-17-18-25-58-50/h14-16,20-21,27-31,33-34,36-40,45H,13,17-19,22-26H2,1-12H3,(H,46,53)(H,47,52)/t29-,30-,31+,33-,34+,36-,37-,38-,39-,40+/m0/s1. The third-order valence-electron chi connectivity index (χ3n) is 12.4. The van der Waals surface area contributed by atoms with E-state index in [1.165, 1.54) is 5.06 Å². The van der Waals surface area contributed by atoms with Gasteiger partial charge in [0.05, 0.1) is 49.3 Å². The highest BCUT2D eigenvalue weighted by Gasteiger charge is 2.44. The number of amides is 5. The Bertz CT molecular complexity index is 1470. The van der Waals surface area contributed by atoms with Crippen molar-refractivity contribution in [3.8, 4) is 0 Å². The third-order valence-corrected chi connectivity index (χ3v) is 12.4. The first-order chi connectivity index (χ1) is 27.5. The Kier molecular flexibility index (Phi) is 19.6. The third kappa shape index (κ3) is 12.2. The average molecular weight is 815 g/mol. The van der Waals surface area contributed by atoms with Crippen LogP contribution in [0.2, 0.25) is 0 Å². The summed E-state index contributed by atoms with van der Waals surface area (Å²) >= 11 is 0. The van der Waals surface area contributed by atoms with Gasteiger partial charge in [-0.3, -0.25) is 28.8 Å². The lowest BCUT2D eigenvalue weighted by Crippen LogP contribution is -2.59. The van der Waals surface area contributed by atoms with Crippen LogP contribution in [-0.2, 0) is 38.3 Å². The van der Waals surface area contributed by atoms with Gasteiger partial charge in [0.25, 0.3) is 5.91 Å². The van der Waals surface area contributed by atoms with Crippen LogP contribution in [0.3, 0.4) is 0 Å². The van der Waals surface area contributed by atoms with Gasteiger partial charge in [0.15, 0.2) is 0 Å². The summed E-state index contributed by atoms with van der Waals surface area (Å²) in [5, 5.41) is 10.5. The maximum atomic E-state index is 14.4. The highest BCUT2D eigenvalue weighted by molar-refractivity contribution is 5.91. The molecule has 2 heterocycles. The van der Waals surface area contributed by atoms with Crippen molar-refractivity contribution in [3.63, 3.8) is 0 Å². The van der Waals surface area contributed by atoms with Crippen LogP contribution in [0.1, 0.15) is 105 Å². The van der Waals surface area contributed by atoms with E-state index in [9.17, 15) is 24.0 Å². The number of carbonyl (C=O) groups is 5. The number of methoxy groups -OCH3 is 2. The summed E-state index contributed by atoms with van der Waals surface area (Å²) in [5.41, 5.74) is 0.912. The van der Waals surface area contributed by atoms with Gasteiger partial charge in [-0.05, 0) is 56.0 Å². The second-order valence-corrected chi connectivity index (χ2v) is 17.0. The number of benzene rings is 1.